The molecule has 2 aromatic heterocycles. The molecular formula is C18H13F2N7O. The van der Waals surface area contributed by atoms with Crippen molar-refractivity contribution in [3.63, 3.8) is 0 Å². The molecule has 0 atom stereocenters. The van der Waals surface area contributed by atoms with Crippen LogP contribution in [0.4, 0.5) is 14.5 Å². The third-order valence-electron chi connectivity index (χ3n) is 3.81. The van der Waals surface area contributed by atoms with Crippen molar-refractivity contribution in [2.75, 3.05) is 5.32 Å². The zero-order chi connectivity index (χ0) is 19.5. The fourth-order valence-corrected chi connectivity index (χ4v) is 2.47. The summed E-state index contributed by atoms with van der Waals surface area (Å²) < 4.78 is 28.0. The average Bonchev–Trinajstić information content (AvgIpc) is 3.35. The minimum absolute atomic E-state index is 0.0622. The molecule has 2 heterocycles. The summed E-state index contributed by atoms with van der Waals surface area (Å²) in [6.45, 7) is 0.137. The van der Waals surface area contributed by atoms with Gasteiger partial charge in [0.2, 0.25) is 5.82 Å². The van der Waals surface area contributed by atoms with E-state index in [-0.39, 0.29) is 18.1 Å². The van der Waals surface area contributed by atoms with Crippen molar-refractivity contribution in [3.05, 3.63) is 78.1 Å². The van der Waals surface area contributed by atoms with Gasteiger partial charge in [-0.2, -0.15) is 5.10 Å². The van der Waals surface area contributed by atoms with Crippen molar-refractivity contribution in [2.45, 2.75) is 6.67 Å². The van der Waals surface area contributed by atoms with E-state index in [1.165, 1.54) is 15.5 Å². The molecule has 0 aliphatic carbocycles. The number of nitrogens with one attached hydrogen (secondary N) is 1. The summed E-state index contributed by atoms with van der Waals surface area (Å²) in [5, 5.41) is 18.7. The van der Waals surface area contributed by atoms with Gasteiger partial charge < -0.3 is 5.32 Å². The summed E-state index contributed by atoms with van der Waals surface area (Å²) in [5.74, 6) is -1.75. The molecule has 0 bridgehead atoms. The monoisotopic (exact) mass is 381 g/mol. The van der Waals surface area contributed by atoms with E-state index >= 15 is 0 Å². The largest absolute Gasteiger partial charge is 0.318 e. The van der Waals surface area contributed by atoms with E-state index in [4.69, 9.17) is 0 Å². The first-order chi connectivity index (χ1) is 13.6. The number of halogens is 2. The lowest BCUT2D eigenvalue weighted by Gasteiger charge is -2.04. The topological polar surface area (TPSA) is 90.5 Å². The highest BCUT2D eigenvalue weighted by Crippen LogP contribution is 2.16. The standard InChI is InChI=1S/C18H13F2N7O/c19-13-6-7-15(14(20)10-13)21-18(28)16-8-9-26(23-16)11-27-24-17(22-25-27)12-4-2-1-3-5-12/h1-10H,11H2,(H,21,28). The minimum atomic E-state index is -0.868. The maximum atomic E-state index is 13.7. The molecule has 10 heteroatoms. The third kappa shape index (κ3) is 3.75. The van der Waals surface area contributed by atoms with Crippen molar-refractivity contribution >= 4 is 11.6 Å². The molecule has 0 aliphatic rings. The maximum absolute atomic E-state index is 13.7. The smallest absolute Gasteiger partial charge is 0.276 e. The molecule has 1 amide bonds. The maximum Gasteiger partial charge on any atom is 0.276 e. The molecule has 0 fully saturated rings. The predicted octanol–water partition coefficient (Wildman–Crippen LogP) is 2.57. The van der Waals surface area contributed by atoms with Gasteiger partial charge in [0.05, 0.1) is 5.69 Å². The van der Waals surface area contributed by atoms with Gasteiger partial charge in [0.15, 0.2) is 12.4 Å². The number of hydrogen-bond acceptors (Lipinski definition) is 5. The van der Waals surface area contributed by atoms with Crippen molar-refractivity contribution in [1.82, 2.24) is 30.0 Å². The van der Waals surface area contributed by atoms with Crippen LogP contribution in [0.1, 0.15) is 10.5 Å². The Hall–Kier alpha value is -3.95. The fourth-order valence-electron chi connectivity index (χ4n) is 2.47. The Morgan fingerprint density at radius 1 is 1.04 bits per heavy atom. The molecule has 0 saturated carbocycles. The van der Waals surface area contributed by atoms with Gasteiger partial charge in [-0.25, -0.2) is 13.5 Å². The summed E-state index contributed by atoms with van der Waals surface area (Å²) >= 11 is 0. The van der Waals surface area contributed by atoms with E-state index in [0.29, 0.717) is 11.9 Å². The Kier molecular flexibility index (Phi) is 4.58. The summed E-state index contributed by atoms with van der Waals surface area (Å²) in [7, 11) is 0. The summed E-state index contributed by atoms with van der Waals surface area (Å²) in [6.07, 6.45) is 1.56. The number of nitrogens with zero attached hydrogens (tertiary/aromatic N) is 6. The number of anilines is 1. The Bertz CT molecular complexity index is 1120. The molecule has 4 aromatic rings. The van der Waals surface area contributed by atoms with E-state index in [0.717, 1.165) is 17.7 Å². The molecule has 2 aromatic carbocycles. The molecule has 0 radical (unpaired) electrons. The van der Waals surface area contributed by atoms with Crippen LogP contribution in [-0.4, -0.2) is 35.9 Å². The summed E-state index contributed by atoms with van der Waals surface area (Å²) in [5.41, 5.74) is 0.758. The SMILES string of the molecule is O=C(Nc1ccc(F)cc1F)c1ccn(Cn2nnc(-c3ccccc3)n2)n1. The minimum Gasteiger partial charge on any atom is -0.318 e. The van der Waals surface area contributed by atoms with E-state index in [9.17, 15) is 13.6 Å². The van der Waals surface area contributed by atoms with Crippen LogP contribution in [0.5, 0.6) is 0 Å². The zero-order valence-corrected chi connectivity index (χ0v) is 14.3. The lowest BCUT2D eigenvalue weighted by molar-refractivity contribution is 0.102. The van der Waals surface area contributed by atoms with Gasteiger partial charge in [0.1, 0.15) is 11.6 Å². The number of benzene rings is 2. The molecule has 28 heavy (non-hydrogen) atoms. The number of hydrogen-bond donors (Lipinski definition) is 1. The Morgan fingerprint density at radius 2 is 1.86 bits per heavy atom. The molecule has 0 aliphatic heterocycles. The molecule has 8 nitrogen and oxygen atoms in total. The molecule has 0 saturated heterocycles. The van der Waals surface area contributed by atoms with Gasteiger partial charge in [-0.1, -0.05) is 30.3 Å². The molecule has 0 spiro atoms. The van der Waals surface area contributed by atoms with E-state index in [1.54, 1.807) is 6.20 Å². The normalized spacial score (nSPS) is 10.8. The highest BCUT2D eigenvalue weighted by molar-refractivity contribution is 6.02. The van der Waals surface area contributed by atoms with Crippen LogP contribution in [-0.2, 0) is 6.67 Å². The van der Waals surface area contributed by atoms with Crippen molar-refractivity contribution in [1.29, 1.82) is 0 Å². The van der Waals surface area contributed by atoms with Crippen LogP contribution >= 0.6 is 0 Å². The lowest BCUT2D eigenvalue weighted by atomic mass is 10.2. The van der Waals surface area contributed by atoms with Gasteiger partial charge in [0, 0.05) is 17.8 Å². The molecule has 4 rings (SSSR count). The highest BCUT2D eigenvalue weighted by atomic mass is 19.1. The van der Waals surface area contributed by atoms with E-state index in [2.05, 4.69) is 25.8 Å². The van der Waals surface area contributed by atoms with E-state index < -0.39 is 17.5 Å². The van der Waals surface area contributed by atoms with Gasteiger partial charge in [-0.15, -0.1) is 15.0 Å². The second-order valence-corrected chi connectivity index (χ2v) is 5.81. The van der Waals surface area contributed by atoms with Crippen LogP contribution in [0.15, 0.2) is 60.8 Å². The molecular weight excluding hydrogens is 368 g/mol. The van der Waals surface area contributed by atoms with Crippen LogP contribution in [0, 0.1) is 11.6 Å². The number of aromatic nitrogens is 6. The molecule has 140 valence electrons. The number of carbonyl (C=O) groups excluding carboxylic acids is 1. The van der Waals surface area contributed by atoms with Crippen LogP contribution < -0.4 is 5.32 Å². The number of tetrazole rings is 1. The van der Waals surface area contributed by atoms with Gasteiger partial charge in [-0.05, 0) is 23.4 Å². The van der Waals surface area contributed by atoms with Gasteiger partial charge >= 0.3 is 0 Å². The zero-order valence-electron chi connectivity index (χ0n) is 14.3. The van der Waals surface area contributed by atoms with Gasteiger partial charge in [-0.3, -0.25) is 4.79 Å². The first-order valence-electron chi connectivity index (χ1n) is 8.21. The summed E-state index contributed by atoms with van der Waals surface area (Å²) in [4.78, 5) is 13.5. The van der Waals surface area contributed by atoms with Crippen molar-refractivity contribution < 1.29 is 13.6 Å². The van der Waals surface area contributed by atoms with Crippen molar-refractivity contribution in [3.8, 4) is 11.4 Å². The average molecular weight is 381 g/mol. The number of amides is 1. The van der Waals surface area contributed by atoms with Crippen LogP contribution in [0.25, 0.3) is 11.4 Å². The Morgan fingerprint density at radius 3 is 2.64 bits per heavy atom. The molecule has 1 N–H and O–H groups in total. The van der Waals surface area contributed by atoms with Crippen molar-refractivity contribution in [2.24, 2.45) is 0 Å². The Balaban J connectivity index is 1.44. The first kappa shape index (κ1) is 17.5. The number of carbonyl (C=O) groups is 1. The van der Waals surface area contributed by atoms with Crippen LogP contribution in [0.2, 0.25) is 0 Å². The highest BCUT2D eigenvalue weighted by Gasteiger charge is 2.13. The predicted molar refractivity (Wildman–Crippen MR) is 95.2 cm³/mol. The van der Waals surface area contributed by atoms with Gasteiger partial charge in [0.25, 0.3) is 5.91 Å². The first-order valence-corrected chi connectivity index (χ1v) is 8.21. The number of rotatable bonds is 5. The third-order valence-corrected chi connectivity index (χ3v) is 3.81. The second-order valence-electron chi connectivity index (χ2n) is 5.81. The summed E-state index contributed by atoms with van der Waals surface area (Å²) in [6, 6.07) is 13.7. The Labute approximate surface area is 157 Å². The quantitative estimate of drug-likeness (QED) is 0.574. The lowest BCUT2D eigenvalue weighted by Crippen LogP contribution is -2.16. The second kappa shape index (κ2) is 7.35. The van der Waals surface area contributed by atoms with E-state index in [1.807, 2.05) is 30.3 Å². The fraction of sp³-hybridized carbons (Fsp3) is 0.0556. The van der Waals surface area contributed by atoms with Crippen LogP contribution in [0.3, 0.4) is 0 Å². The molecule has 0 unspecified atom stereocenters.